The van der Waals surface area contributed by atoms with E-state index in [1.54, 1.807) is 7.11 Å². The zero-order valence-electron chi connectivity index (χ0n) is 26.3. The van der Waals surface area contributed by atoms with Crippen LogP contribution in [-0.4, -0.2) is 44.8 Å². The Kier molecular flexibility index (Phi) is 6.69. The Morgan fingerprint density at radius 1 is 0.867 bits per heavy atom. The van der Waals surface area contributed by atoms with Crippen LogP contribution in [0.15, 0.2) is 27.3 Å². The minimum Gasteiger partial charge on any atom is -0.507 e. The molecule has 1 saturated carbocycles. The minimum atomic E-state index is -0.830. The van der Waals surface area contributed by atoms with Gasteiger partial charge in [-0.2, -0.15) is 0 Å². The van der Waals surface area contributed by atoms with Crippen molar-refractivity contribution in [3.63, 3.8) is 0 Å². The Labute approximate surface area is 259 Å². The number of phenols is 1. The molecule has 0 aliphatic heterocycles. The van der Waals surface area contributed by atoms with Gasteiger partial charge in [-0.05, 0) is 39.0 Å². The largest absolute Gasteiger partial charge is 0.507 e. The van der Waals surface area contributed by atoms with E-state index in [0.717, 1.165) is 25.7 Å². The summed E-state index contributed by atoms with van der Waals surface area (Å²) in [5.74, 6) is -0.478. The van der Waals surface area contributed by atoms with Gasteiger partial charge in [0.05, 0.1) is 43.7 Å². The number of ether oxygens (including phenoxy) is 3. The lowest BCUT2D eigenvalue weighted by Crippen LogP contribution is -2.20. The molecule has 0 amide bonds. The second-order valence-electron chi connectivity index (χ2n) is 12.2. The standard InChI is InChI=1S/C36H36N2O7/c1-7-37-33-18-12-15(2)23(16(3)39)32-30-24(18)29-25(34(33)41)19(38-17-10-8-9-11-17)13-21(43-4)27(29)28-22(44-5)14-20(40)26(31(28)30)35(42)36(32)45-6/h12-14,17,23,37-38,40H,7-11H2,1-6H3. The summed E-state index contributed by atoms with van der Waals surface area (Å²) in [5, 5.41) is 22.4. The van der Waals surface area contributed by atoms with E-state index >= 15 is 0 Å². The number of hydrogen-bond acceptors (Lipinski definition) is 9. The Morgan fingerprint density at radius 2 is 1.51 bits per heavy atom. The van der Waals surface area contributed by atoms with E-state index in [0.29, 0.717) is 83.8 Å². The lowest BCUT2D eigenvalue weighted by molar-refractivity contribution is -0.117. The highest BCUT2D eigenvalue weighted by Gasteiger charge is 2.37. The molecule has 5 aromatic rings. The number of phenolic OH excluding ortho intramolecular Hbond substituents is 1. The molecule has 5 aromatic carbocycles. The number of fused-ring (bicyclic) bond motifs is 1. The van der Waals surface area contributed by atoms with Crippen LogP contribution >= 0.6 is 0 Å². The van der Waals surface area contributed by atoms with Crippen molar-refractivity contribution < 1.29 is 24.1 Å². The fourth-order valence-corrected chi connectivity index (χ4v) is 8.04. The lowest BCUT2D eigenvalue weighted by Gasteiger charge is -2.26. The summed E-state index contributed by atoms with van der Waals surface area (Å²) in [4.78, 5) is 42.5. The normalized spacial score (nSPS) is 16.6. The van der Waals surface area contributed by atoms with Gasteiger partial charge < -0.3 is 30.0 Å². The number of nitrogens with one attached hydrogen (secondary N) is 2. The van der Waals surface area contributed by atoms with Crippen LogP contribution in [0.3, 0.4) is 0 Å². The van der Waals surface area contributed by atoms with Crippen molar-refractivity contribution in [2.45, 2.75) is 58.4 Å². The first-order chi connectivity index (χ1) is 21.7. The molecule has 232 valence electrons. The summed E-state index contributed by atoms with van der Waals surface area (Å²) in [6, 6.07) is 3.49. The smallest absolute Gasteiger partial charge is 0.232 e. The van der Waals surface area contributed by atoms with Crippen LogP contribution in [0.4, 0.5) is 11.4 Å². The fourth-order valence-electron chi connectivity index (χ4n) is 8.04. The lowest BCUT2D eigenvalue weighted by atomic mass is 9.80. The number of rotatable bonds is 8. The molecule has 1 fully saturated rings. The van der Waals surface area contributed by atoms with Gasteiger partial charge in [0.2, 0.25) is 10.9 Å². The third-order valence-electron chi connectivity index (χ3n) is 9.74. The maximum atomic E-state index is 14.7. The molecule has 1 atom stereocenters. The van der Waals surface area contributed by atoms with Crippen LogP contribution in [-0.2, 0) is 4.79 Å². The number of hydrogen-bond donors (Lipinski definition) is 3. The molecule has 2 aliphatic rings. The third-order valence-corrected chi connectivity index (χ3v) is 9.74. The van der Waals surface area contributed by atoms with E-state index in [1.165, 1.54) is 27.2 Å². The maximum Gasteiger partial charge on any atom is 0.232 e. The average Bonchev–Trinajstić information content (AvgIpc) is 3.48. The first kappa shape index (κ1) is 29.0. The molecule has 3 N–H and O–H groups in total. The van der Waals surface area contributed by atoms with Crippen LogP contribution in [0, 0.1) is 0 Å². The summed E-state index contributed by atoms with van der Waals surface area (Å²) in [5.41, 5.74) is 2.09. The Hall–Kier alpha value is -4.79. The predicted octanol–water partition coefficient (Wildman–Crippen LogP) is 6.50. The highest BCUT2D eigenvalue weighted by molar-refractivity contribution is 6.40. The van der Waals surface area contributed by atoms with Gasteiger partial charge in [-0.3, -0.25) is 14.4 Å². The Morgan fingerprint density at radius 3 is 2.11 bits per heavy atom. The second kappa shape index (κ2) is 10.4. The third kappa shape index (κ3) is 3.82. The Balaban J connectivity index is 1.91. The van der Waals surface area contributed by atoms with Crippen molar-refractivity contribution in [3.05, 3.63) is 49.3 Å². The van der Waals surface area contributed by atoms with Gasteiger partial charge in [0, 0.05) is 68.5 Å². The van der Waals surface area contributed by atoms with Crippen LogP contribution in [0.5, 0.6) is 23.0 Å². The van der Waals surface area contributed by atoms with Gasteiger partial charge in [-0.15, -0.1) is 0 Å². The fraction of sp³-hybridized carbons (Fsp3) is 0.361. The van der Waals surface area contributed by atoms with Crippen molar-refractivity contribution in [2.75, 3.05) is 38.5 Å². The number of ketones is 1. The quantitative estimate of drug-likeness (QED) is 0.134. The van der Waals surface area contributed by atoms with Crippen molar-refractivity contribution >= 4 is 66.3 Å². The highest BCUT2D eigenvalue weighted by atomic mass is 16.5. The molecule has 45 heavy (non-hydrogen) atoms. The Bertz CT molecular complexity index is 2220. The number of anilines is 2. The number of Topliss-reactive ketones (excluding diaryl/α,β-unsaturated/α-hetero) is 1. The van der Waals surface area contributed by atoms with E-state index < -0.39 is 11.3 Å². The number of carbonyl (C=O) groups excluding carboxylic acids is 1. The number of aromatic hydroxyl groups is 1. The number of allylic oxidation sites excluding steroid dienone is 1. The van der Waals surface area contributed by atoms with Crippen LogP contribution in [0.2, 0.25) is 0 Å². The summed E-state index contributed by atoms with van der Waals surface area (Å²) < 4.78 is 17.7. The van der Waals surface area contributed by atoms with E-state index in [-0.39, 0.29) is 34.1 Å². The van der Waals surface area contributed by atoms with E-state index in [4.69, 9.17) is 14.2 Å². The van der Waals surface area contributed by atoms with Crippen molar-refractivity contribution in [3.8, 4) is 23.0 Å². The predicted molar refractivity (Wildman–Crippen MR) is 180 cm³/mol. The maximum absolute atomic E-state index is 14.7. The highest BCUT2D eigenvalue weighted by Crippen LogP contribution is 2.56. The number of benzene rings is 5. The topological polar surface area (TPSA) is 123 Å². The zero-order valence-corrected chi connectivity index (χ0v) is 26.3. The summed E-state index contributed by atoms with van der Waals surface area (Å²) >= 11 is 0. The monoisotopic (exact) mass is 608 g/mol. The molecule has 1 unspecified atom stereocenters. The van der Waals surface area contributed by atoms with Gasteiger partial charge in [0.25, 0.3) is 0 Å². The molecule has 7 rings (SSSR count). The van der Waals surface area contributed by atoms with Crippen molar-refractivity contribution in [1.29, 1.82) is 0 Å². The van der Waals surface area contributed by atoms with E-state index in [2.05, 4.69) is 10.6 Å². The molecule has 0 bridgehead atoms. The number of methoxy groups -OCH3 is 3. The molecular weight excluding hydrogens is 572 g/mol. The van der Waals surface area contributed by atoms with Crippen LogP contribution in [0.25, 0.3) is 49.2 Å². The molecule has 0 aromatic heterocycles. The van der Waals surface area contributed by atoms with Crippen molar-refractivity contribution in [1.82, 2.24) is 0 Å². The second-order valence-corrected chi connectivity index (χ2v) is 12.2. The molecule has 0 heterocycles. The molecule has 9 heteroatoms. The SMILES string of the molecule is CCNc1c2c3c4c(c(OC)c(=O)c5c(O)cc(OC)c(c6c(OC)cc(NC7CCCC7)c(c1=O)c63)c54)C(C(C)=O)C(C)=C2. The molecule has 0 radical (unpaired) electrons. The molecule has 9 nitrogen and oxygen atoms in total. The van der Waals surface area contributed by atoms with Gasteiger partial charge in [0.15, 0.2) is 5.75 Å². The first-order valence-corrected chi connectivity index (χ1v) is 15.4. The summed E-state index contributed by atoms with van der Waals surface area (Å²) in [6.07, 6.45) is 6.10. The zero-order chi connectivity index (χ0) is 31.9. The molecule has 2 aliphatic carbocycles. The summed E-state index contributed by atoms with van der Waals surface area (Å²) in [6.45, 7) is 5.75. The van der Waals surface area contributed by atoms with Crippen molar-refractivity contribution in [2.24, 2.45) is 0 Å². The molecular formula is C36H36N2O7. The minimum absolute atomic E-state index is 0.00952. The van der Waals surface area contributed by atoms with E-state index in [1.807, 2.05) is 26.0 Å². The van der Waals surface area contributed by atoms with E-state index in [9.17, 15) is 19.5 Å². The number of carbonyl (C=O) groups is 1. The van der Waals surface area contributed by atoms with Gasteiger partial charge in [-0.1, -0.05) is 24.5 Å². The van der Waals surface area contributed by atoms with Crippen LogP contribution < -0.4 is 35.7 Å². The van der Waals surface area contributed by atoms with Gasteiger partial charge in [-0.25, -0.2) is 0 Å². The average molecular weight is 609 g/mol. The van der Waals surface area contributed by atoms with Gasteiger partial charge in [0.1, 0.15) is 23.0 Å². The van der Waals surface area contributed by atoms with Gasteiger partial charge >= 0.3 is 0 Å². The summed E-state index contributed by atoms with van der Waals surface area (Å²) in [7, 11) is 4.48. The molecule has 0 saturated heterocycles. The molecule has 0 spiro atoms. The first-order valence-electron chi connectivity index (χ1n) is 15.4. The van der Waals surface area contributed by atoms with Crippen LogP contribution in [0.1, 0.15) is 63.5 Å².